The summed E-state index contributed by atoms with van der Waals surface area (Å²) in [6.45, 7) is 2.21. The highest BCUT2D eigenvalue weighted by atomic mass is 14.2. The number of allylic oxidation sites excluding steroid dienone is 1. The summed E-state index contributed by atoms with van der Waals surface area (Å²) in [4.78, 5) is 0. The van der Waals surface area contributed by atoms with E-state index < -0.39 is 0 Å². The highest BCUT2D eigenvalue weighted by molar-refractivity contribution is 5.99. The summed E-state index contributed by atoms with van der Waals surface area (Å²) < 4.78 is 0. The van der Waals surface area contributed by atoms with Crippen molar-refractivity contribution in [3.05, 3.63) is 77.4 Å². The smallest absolute Gasteiger partial charge is 0.00731 e. The summed E-state index contributed by atoms with van der Waals surface area (Å²) in [5.74, 6) is 0. The Morgan fingerprint density at radius 2 is 1.70 bits per heavy atom. The minimum absolute atomic E-state index is 1.06. The predicted molar refractivity (Wildman–Crippen MR) is 86.9 cm³/mol. The van der Waals surface area contributed by atoms with Gasteiger partial charge in [-0.3, -0.25) is 0 Å². The predicted octanol–water partition coefficient (Wildman–Crippen LogP) is 5.38. The molecule has 0 nitrogen and oxygen atoms in total. The normalized spacial score (nSPS) is 12.8. The molecule has 4 rings (SSSR count). The van der Waals surface area contributed by atoms with Crippen molar-refractivity contribution in [2.75, 3.05) is 0 Å². The molecule has 0 saturated heterocycles. The summed E-state index contributed by atoms with van der Waals surface area (Å²) in [7, 11) is 0. The molecule has 20 heavy (non-hydrogen) atoms. The Morgan fingerprint density at radius 3 is 2.65 bits per heavy atom. The SMILES string of the molecule is Cc1ccc2c(c1-c1cccc3ccccc13)C=CC2. The van der Waals surface area contributed by atoms with Crippen LogP contribution in [-0.2, 0) is 6.42 Å². The zero-order valence-electron chi connectivity index (χ0n) is 11.6. The van der Waals surface area contributed by atoms with Gasteiger partial charge in [-0.25, -0.2) is 0 Å². The first-order valence-corrected chi connectivity index (χ1v) is 7.12. The van der Waals surface area contributed by atoms with Gasteiger partial charge in [0.05, 0.1) is 0 Å². The molecule has 1 aliphatic carbocycles. The van der Waals surface area contributed by atoms with Gasteiger partial charge in [0.15, 0.2) is 0 Å². The fraction of sp³-hybridized carbons (Fsp3) is 0.100. The van der Waals surface area contributed by atoms with E-state index in [1.165, 1.54) is 38.6 Å². The lowest BCUT2D eigenvalue weighted by molar-refractivity contribution is 1.29. The lowest BCUT2D eigenvalue weighted by atomic mass is 9.90. The van der Waals surface area contributed by atoms with Crippen molar-refractivity contribution in [1.29, 1.82) is 0 Å². The maximum atomic E-state index is 2.28. The first kappa shape index (κ1) is 11.5. The van der Waals surface area contributed by atoms with E-state index >= 15 is 0 Å². The summed E-state index contributed by atoms with van der Waals surface area (Å²) in [6.07, 6.45) is 5.60. The molecule has 0 heterocycles. The number of rotatable bonds is 1. The lowest BCUT2D eigenvalue weighted by Gasteiger charge is -2.14. The molecule has 0 heteroatoms. The molecule has 3 aromatic carbocycles. The quantitative estimate of drug-likeness (QED) is 0.548. The highest BCUT2D eigenvalue weighted by Crippen LogP contribution is 2.37. The van der Waals surface area contributed by atoms with Crippen molar-refractivity contribution in [3.63, 3.8) is 0 Å². The molecule has 0 bridgehead atoms. The van der Waals surface area contributed by atoms with Gasteiger partial charge in [-0.1, -0.05) is 66.7 Å². The van der Waals surface area contributed by atoms with Crippen LogP contribution in [0.25, 0.3) is 28.0 Å². The summed E-state index contributed by atoms with van der Waals surface area (Å²) >= 11 is 0. The number of benzene rings is 3. The highest BCUT2D eigenvalue weighted by Gasteiger charge is 2.15. The van der Waals surface area contributed by atoms with Gasteiger partial charge in [0, 0.05) is 0 Å². The van der Waals surface area contributed by atoms with Gasteiger partial charge in [0.1, 0.15) is 0 Å². The molecule has 3 aromatic rings. The molecule has 0 aromatic heterocycles. The van der Waals surface area contributed by atoms with Crippen LogP contribution in [-0.4, -0.2) is 0 Å². The van der Waals surface area contributed by atoms with Crippen LogP contribution in [0.5, 0.6) is 0 Å². The van der Waals surface area contributed by atoms with Crippen LogP contribution in [0.1, 0.15) is 16.7 Å². The summed E-state index contributed by atoms with van der Waals surface area (Å²) in [5.41, 5.74) is 6.95. The maximum absolute atomic E-state index is 2.28. The monoisotopic (exact) mass is 256 g/mol. The fourth-order valence-corrected chi connectivity index (χ4v) is 3.24. The minimum Gasteiger partial charge on any atom is -0.0795 e. The van der Waals surface area contributed by atoms with Crippen LogP contribution in [0.4, 0.5) is 0 Å². The van der Waals surface area contributed by atoms with Crippen LogP contribution in [0.15, 0.2) is 60.7 Å². The van der Waals surface area contributed by atoms with E-state index in [2.05, 4.69) is 73.7 Å². The van der Waals surface area contributed by atoms with Crippen molar-refractivity contribution < 1.29 is 0 Å². The topological polar surface area (TPSA) is 0 Å². The molecule has 0 atom stereocenters. The van der Waals surface area contributed by atoms with E-state index in [9.17, 15) is 0 Å². The summed E-state index contributed by atoms with van der Waals surface area (Å²) in [5, 5.41) is 2.65. The number of hydrogen-bond acceptors (Lipinski definition) is 0. The molecule has 0 aliphatic heterocycles. The van der Waals surface area contributed by atoms with Crippen molar-refractivity contribution in [2.45, 2.75) is 13.3 Å². The van der Waals surface area contributed by atoms with E-state index in [1.54, 1.807) is 0 Å². The van der Waals surface area contributed by atoms with Gasteiger partial charge >= 0.3 is 0 Å². The molecule has 0 radical (unpaired) electrons. The molecule has 0 unspecified atom stereocenters. The van der Waals surface area contributed by atoms with Crippen molar-refractivity contribution in [1.82, 2.24) is 0 Å². The second kappa shape index (κ2) is 4.35. The Kier molecular flexibility index (Phi) is 2.50. The van der Waals surface area contributed by atoms with Gasteiger partial charge in [0.2, 0.25) is 0 Å². The largest absolute Gasteiger partial charge is 0.0795 e. The average molecular weight is 256 g/mol. The third kappa shape index (κ3) is 1.61. The zero-order valence-corrected chi connectivity index (χ0v) is 11.6. The van der Waals surface area contributed by atoms with E-state index in [4.69, 9.17) is 0 Å². The minimum atomic E-state index is 1.06. The molecular weight excluding hydrogens is 240 g/mol. The van der Waals surface area contributed by atoms with Crippen LogP contribution in [0.3, 0.4) is 0 Å². The van der Waals surface area contributed by atoms with E-state index in [0.29, 0.717) is 0 Å². The Hall–Kier alpha value is -2.34. The Labute approximate surface area is 119 Å². The van der Waals surface area contributed by atoms with E-state index in [-0.39, 0.29) is 0 Å². The number of fused-ring (bicyclic) bond motifs is 2. The van der Waals surface area contributed by atoms with Gasteiger partial charge in [-0.05, 0) is 51.9 Å². The lowest BCUT2D eigenvalue weighted by Crippen LogP contribution is -1.92. The first-order chi connectivity index (χ1) is 9.84. The molecule has 0 spiro atoms. The third-order valence-corrected chi connectivity index (χ3v) is 4.23. The van der Waals surface area contributed by atoms with Crippen molar-refractivity contribution >= 4 is 16.8 Å². The fourth-order valence-electron chi connectivity index (χ4n) is 3.24. The zero-order chi connectivity index (χ0) is 13.5. The molecule has 96 valence electrons. The molecule has 0 amide bonds. The second-order valence-electron chi connectivity index (χ2n) is 5.46. The van der Waals surface area contributed by atoms with Crippen LogP contribution in [0, 0.1) is 6.92 Å². The Bertz CT molecular complexity index is 833. The Balaban J connectivity index is 2.11. The van der Waals surface area contributed by atoms with Crippen LogP contribution in [0.2, 0.25) is 0 Å². The molecule has 0 saturated carbocycles. The van der Waals surface area contributed by atoms with Crippen LogP contribution < -0.4 is 0 Å². The van der Waals surface area contributed by atoms with Gasteiger partial charge in [-0.2, -0.15) is 0 Å². The first-order valence-electron chi connectivity index (χ1n) is 7.12. The second-order valence-corrected chi connectivity index (χ2v) is 5.46. The number of hydrogen-bond donors (Lipinski definition) is 0. The van der Waals surface area contributed by atoms with Crippen molar-refractivity contribution in [2.24, 2.45) is 0 Å². The van der Waals surface area contributed by atoms with E-state index in [1.807, 2.05) is 0 Å². The van der Waals surface area contributed by atoms with Gasteiger partial charge in [0.25, 0.3) is 0 Å². The molecule has 0 fully saturated rings. The van der Waals surface area contributed by atoms with Crippen LogP contribution >= 0.6 is 0 Å². The van der Waals surface area contributed by atoms with Crippen molar-refractivity contribution in [3.8, 4) is 11.1 Å². The third-order valence-electron chi connectivity index (χ3n) is 4.23. The molecular formula is C20H16. The standard InChI is InChI=1S/C20H16/c1-14-12-13-16-8-4-10-18(16)20(14)19-11-5-7-15-6-2-3-9-17(15)19/h2-7,9-13H,8H2,1H3. The number of aryl methyl sites for hydroxylation is 1. The summed E-state index contributed by atoms with van der Waals surface area (Å²) in [6, 6.07) is 19.8. The van der Waals surface area contributed by atoms with Gasteiger partial charge in [-0.15, -0.1) is 0 Å². The van der Waals surface area contributed by atoms with Gasteiger partial charge < -0.3 is 0 Å². The molecule has 1 aliphatic rings. The Morgan fingerprint density at radius 1 is 0.850 bits per heavy atom. The molecule has 0 N–H and O–H groups in total. The maximum Gasteiger partial charge on any atom is -0.00731 e. The average Bonchev–Trinajstić information content (AvgIpc) is 2.95. The van der Waals surface area contributed by atoms with E-state index in [0.717, 1.165) is 6.42 Å².